The van der Waals surface area contributed by atoms with E-state index in [-0.39, 0.29) is 0 Å². The van der Waals surface area contributed by atoms with Crippen molar-refractivity contribution in [3.8, 4) is 11.4 Å². The number of nitrogens with two attached hydrogens (primary N) is 1. The number of hydrogen-bond acceptors (Lipinski definition) is 5. The molecule has 0 atom stereocenters. The number of rotatable bonds is 2. The van der Waals surface area contributed by atoms with Crippen LogP contribution in [0.5, 0.6) is 0 Å². The van der Waals surface area contributed by atoms with Gasteiger partial charge in [-0.3, -0.25) is 0 Å². The maximum absolute atomic E-state index is 5.63. The highest BCUT2D eigenvalue weighted by atomic mass is 16.5. The Morgan fingerprint density at radius 3 is 2.62 bits per heavy atom. The molecule has 0 saturated carbocycles. The number of nitrogens with one attached hydrogen (secondary N) is 1. The summed E-state index contributed by atoms with van der Waals surface area (Å²) in [7, 11) is 1.72. The summed E-state index contributed by atoms with van der Waals surface area (Å²) in [5.41, 5.74) is 7.16. The SMILES string of the molecule is CC.CNc1nc(-c2cccc(N)c2)no1. The lowest BCUT2D eigenvalue weighted by Gasteiger charge is -1.94. The van der Waals surface area contributed by atoms with Gasteiger partial charge in [-0.05, 0) is 12.1 Å². The molecule has 5 heteroatoms. The number of nitrogen functional groups attached to an aromatic ring is 1. The second kappa shape index (κ2) is 5.75. The first-order valence-electron chi connectivity index (χ1n) is 5.17. The molecule has 1 aromatic carbocycles. The van der Waals surface area contributed by atoms with Crippen LogP contribution < -0.4 is 11.1 Å². The molecule has 0 aliphatic rings. The molecule has 0 saturated heterocycles. The predicted molar refractivity (Wildman–Crippen MR) is 65.0 cm³/mol. The van der Waals surface area contributed by atoms with Crippen molar-refractivity contribution < 1.29 is 4.52 Å². The van der Waals surface area contributed by atoms with Crippen LogP contribution in [-0.4, -0.2) is 17.2 Å². The summed E-state index contributed by atoms with van der Waals surface area (Å²) in [6.07, 6.45) is 0. The van der Waals surface area contributed by atoms with E-state index in [0.29, 0.717) is 17.5 Å². The molecule has 86 valence electrons. The minimum Gasteiger partial charge on any atom is -0.399 e. The molecular weight excluding hydrogens is 204 g/mol. The van der Waals surface area contributed by atoms with Gasteiger partial charge in [-0.2, -0.15) is 4.98 Å². The van der Waals surface area contributed by atoms with Crippen LogP contribution in [0.3, 0.4) is 0 Å². The molecule has 0 bridgehead atoms. The second-order valence-electron chi connectivity index (χ2n) is 2.80. The fourth-order valence-corrected chi connectivity index (χ4v) is 1.12. The fourth-order valence-electron chi connectivity index (χ4n) is 1.12. The average molecular weight is 220 g/mol. The van der Waals surface area contributed by atoms with E-state index in [2.05, 4.69) is 15.5 Å². The first-order chi connectivity index (χ1) is 7.79. The molecule has 1 aromatic heterocycles. The Morgan fingerprint density at radius 1 is 1.31 bits per heavy atom. The lowest BCUT2D eigenvalue weighted by atomic mass is 10.2. The third kappa shape index (κ3) is 2.73. The Balaban J connectivity index is 0.000000606. The molecule has 2 rings (SSSR count). The summed E-state index contributed by atoms with van der Waals surface area (Å²) in [5.74, 6) is 0.529. The molecule has 0 aliphatic heterocycles. The van der Waals surface area contributed by atoms with Crippen molar-refractivity contribution in [3.05, 3.63) is 24.3 Å². The van der Waals surface area contributed by atoms with Crippen LogP contribution in [0.15, 0.2) is 28.8 Å². The summed E-state index contributed by atoms with van der Waals surface area (Å²) in [6, 6.07) is 7.72. The summed E-state index contributed by atoms with van der Waals surface area (Å²) in [6.45, 7) is 4.00. The zero-order valence-electron chi connectivity index (χ0n) is 9.69. The Bertz CT molecular complexity index is 439. The average Bonchev–Trinajstić information content (AvgIpc) is 2.80. The quantitative estimate of drug-likeness (QED) is 0.760. The molecule has 0 fully saturated rings. The highest BCUT2D eigenvalue weighted by Gasteiger charge is 2.06. The number of benzene rings is 1. The Labute approximate surface area is 94.7 Å². The van der Waals surface area contributed by atoms with Gasteiger partial charge >= 0.3 is 6.01 Å². The van der Waals surface area contributed by atoms with Crippen LogP contribution >= 0.6 is 0 Å². The minimum atomic E-state index is 0.391. The van der Waals surface area contributed by atoms with Gasteiger partial charge in [0.1, 0.15) is 0 Å². The highest BCUT2D eigenvalue weighted by molar-refractivity contribution is 5.61. The Kier molecular flexibility index (Phi) is 4.32. The van der Waals surface area contributed by atoms with Crippen molar-refractivity contribution in [1.29, 1.82) is 0 Å². The van der Waals surface area contributed by atoms with Crippen molar-refractivity contribution in [2.24, 2.45) is 0 Å². The predicted octanol–water partition coefficient (Wildman–Crippen LogP) is 2.39. The monoisotopic (exact) mass is 220 g/mol. The van der Waals surface area contributed by atoms with Crippen LogP contribution in [-0.2, 0) is 0 Å². The van der Waals surface area contributed by atoms with Gasteiger partial charge in [0.15, 0.2) is 0 Å². The molecule has 0 spiro atoms. The van der Waals surface area contributed by atoms with Crippen LogP contribution in [0.4, 0.5) is 11.7 Å². The van der Waals surface area contributed by atoms with Crippen molar-refractivity contribution in [2.45, 2.75) is 13.8 Å². The fraction of sp³-hybridized carbons (Fsp3) is 0.273. The van der Waals surface area contributed by atoms with Gasteiger partial charge in [0, 0.05) is 18.3 Å². The minimum absolute atomic E-state index is 0.391. The zero-order valence-corrected chi connectivity index (χ0v) is 9.69. The van der Waals surface area contributed by atoms with Gasteiger partial charge in [0.25, 0.3) is 0 Å². The Hall–Kier alpha value is -2.04. The lowest BCUT2D eigenvalue weighted by Crippen LogP contribution is -1.88. The lowest BCUT2D eigenvalue weighted by molar-refractivity contribution is 0.434. The van der Waals surface area contributed by atoms with Gasteiger partial charge in [0.2, 0.25) is 5.82 Å². The highest BCUT2D eigenvalue weighted by Crippen LogP contribution is 2.19. The van der Waals surface area contributed by atoms with E-state index in [9.17, 15) is 0 Å². The van der Waals surface area contributed by atoms with E-state index in [0.717, 1.165) is 5.56 Å². The van der Waals surface area contributed by atoms with Crippen molar-refractivity contribution >= 4 is 11.7 Å². The first kappa shape index (κ1) is 12.0. The van der Waals surface area contributed by atoms with E-state index in [1.807, 2.05) is 32.0 Å². The Morgan fingerprint density at radius 2 is 2.06 bits per heavy atom. The van der Waals surface area contributed by atoms with Crippen LogP contribution in [0.25, 0.3) is 11.4 Å². The smallest absolute Gasteiger partial charge is 0.321 e. The molecule has 0 amide bonds. The van der Waals surface area contributed by atoms with E-state index < -0.39 is 0 Å². The van der Waals surface area contributed by atoms with E-state index in [1.165, 1.54) is 0 Å². The van der Waals surface area contributed by atoms with Gasteiger partial charge in [0.05, 0.1) is 0 Å². The van der Waals surface area contributed by atoms with E-state index in [1.54, 1.807) is 13.1 Å². The molecule has 0 unspecified atom stereocenters. The van der Waals surface area contributed by atoms with Crippen LogP contribution in [0, 0.1) is 0 Å². The topological polar surface area (TPSA) is 77.0 Å². The maximum Gasteiger partial charge on any atom is 0.321 e. The van der Waals surface area contributed by atoms with E-state index >= 15 is 0 Å². The summed E-state index contributed by atoms with van der Waals surface area (Å²) < 4.78 is 4.90. The molecule has 0 aliphatic carbocycles. The second-order valence-corrected chi connectivity index (χ2v) is 2.80. The standard InChI is InChI=1S/C9H10N4O.C2H6/c1-11-9-12-8(13-14-9)6-3-2-4-7(10)5-6;1-2/h2-5H,10H2,1H3,(H,11,12,13);1-2H3. The number of hydrogen-bond donors (Lipinski definition) is 2. The molecule has 0 radical (unpaired) electrons. The molecule has 1 heterocycles. The number of aromatic nitrogens is 2. The number of anilines is 2. The molecule has 5 nitrogen and oxygen atoms in total. The van der Waals surface area contributed by atoms with Crippen molar-refractivity contribution in [3.63, 3.8) is 0 Å². The van der Waals surface area contributed by atoms with Crippen LogP contribution in [0.1, 0.15) is 13.8 Å². The maximum atomic E-state index is 5.63. The van der Waals surface area contributed by atoms with Crippen molar-refractivity contribution in [1.82, 2.24) is 10.1 Å². The molecule has 2 aromatic rings. The van der Waals surface area contributed by atoms with Gasteiger partial charge < -0.3 is 15.6 Å². The third-order valence-electron chi connectivity index (χ3n) is 1.78. The van der Waals surface area contributed by atoms with Crippen LogP contribution in [0.2, 0.25) is 0 Å². The van der Waals surface area contributed by atoms with E-state index in [4.69, 9.17) is 10.3 Å². The zero-order chi connectivity index (χ0) is 12.0. The summed E-state index contributed by atoms with van der Waals surface area (Å²) in [4.78, 5) is 4.10. The number of nitrogens with zero attached hydrogens (tertiary/aromatic N) is 2. The normalized spacial score (nSPS) is 9.19. The third-order valence-corrected chi connectivity index (χ3v) is 1.78. The summed E-state index contributed by atoms with van der Waals surface area (Å²) in [5, 5.41) is 6.55. The largest absolute Gasteiger partial charge is 0.399 e. The summed E-state index contributed by atoms with van der Waals surface area (Å²) >= 11 is 0. The van der Waals surface area contributed by atoms with Gasteiger partial charge in [-0.25, -0.2) is 0 Å². The molecule has 3 N–H and O–H groups in total. The molecule has 16 heavy (non-hydrogen) atoms. The van der Waals surface area contributed by atoms with Gasteiger partial charge in [-0.1, -0.05) is 31.1 Å². The van der Waals surface area contributed by atoms with Gasteiger partial charge in [-0.15, -0.1) is 0 Å². The first-order valence-corrected chi connectivity index (χ1v) is 5.17. The van der Waals surface area contributed by atoms with Crippen molar-refractivity contribution in [2.75, 3.05) is 18.1 Å². The molecular formula is C11H16N4O.